The number of hydrogen-bond donors (Lipinski definition) is 2. The van der Waals surface area contributed by atoms with Crippen LogP contribution in [0.3, 0.4) is 0 Å². The van der Waals surface area contributed by atoms with Crippen LogP contribution in [0, 0.1) is 5.82 Å². The average molecular weight is 324 g/mol. The molecule has 2 amide bonds. The summed E-state index contributed by atoms with van der Waals surface area (Å²) >= 11 is 0. The molecule has 0 radical (unpaired) electrons. The predicted molar refractivity (Wildman–Crippen MR) is 85.9 cm³/mol. The van der Waals surface area contributed by atoms with Gasteiger partial charge in [-0.2, -0.15) is 0 Å². The SMILES string of the molecule is COc1cc([C@H](C)NC(=O)N2CCC[C@@H]2C(C)(C)O)ccc1F. The topological polar surface area (TPSA) is 61.8 Å². The lowest BCUT2D eigenvalue weighted by molar-refractivity contribution is 0.00951. The molecule has 1 aromatic carbocycles. The Morgan fingerprint density at radius 2 is 2.22 bits per heavy atom. The summed E-state index contributed by atoms with van der Waals surface area (Å²) in [6.45, 7) is 5.90. The van der Waals surface area contributed by atoms with Crippen molar-refractivity contribution in [3.63, 3.8) is 0 Å². The molecule has 1 aliphatic heterocycles. The van der Waals surface area contributed by atoms with Crippen LogP contribution in [0.5, 0.6) is 5.75 Å². The summed E-state index contributed by atoms with van der Waals surface area (Å²) in [6.07, 6.45) is 1.66. The molecule has 5 nitrogen and oxygen atoms in total. The van der Waals surface area contributed by atoms with E-state index in [4.69, 9.17) is 4.74 Å². The van der Waals surface area contributed by atoms with Gasteiger partial charge in [-0.15, -0.1) is 0 Å². The van der Waals surface area contributed by atoms with Crippen molar-refractivity contribution in [1.82, 2.24) is 10.2 Å². The number of carbonyl (C=O) groups is 1. The van der Waals surface area contributed by atoms with Gasteiger partial charge in [0.05, 0.1) is 24.8 Å². The maximum atomic E-state index is 13.5. The quantitative estimate of drug-likeness (QED) is 0.895. The highest BCUT2D eigenvalue weighted by atomic mass is 19.1. The van der Waals surface area contributed by atoms with Crippen LogP contribution in [0.1, 0.15) is 45.2 Å². The van der Waals surface area contributed by atoms with Crippen molar-refractivity contribution in [3.05, 3.63) is 29.6 Å². The van der Waals surface area contributed by atoms with Crippen molar-refractivity contribution < 1.29 is 19.0 Å². The number of rotatable bonds is 4. The molecule has 0 unspecified atom stereocenters. The van der Waals surface area contributed by atoms with Crippen molar-refractivity contribution in [3.8, 4) is 5.75 Å². The lowest BCUT2D eigenvalue weighted by Crippen LogP contribution is -2.51. The van der Waals surface area contributed by atoms with E-state index in [0.29, 0.717) is 6.54 Å². The zero-order valence-corrected chi connectivity index (χ0v) is 14.1. The largest absolute Gasteiger partial charge is 0.494 e. The monoisotopic (exact) mass is 324 g/mol. The number of nitrogens with zero attached hydrogens (tertiary/aromatic N) is 1. The predicted octanol–water partition coefficient (Wildman–Crippen LogP) is 2.84. The molecule has 0 aromatic heterocycles. The standard InChI is InChI=1S/C17H25FN2O3/c1-11(12-7-8-13(18)14(10-12)23-4)19-16(21)20-9-5-6-15(20)17(2,3)22/h7-8,10-11,15,22H,5-6,9H2,1-4H3,(H,19,21)/t11-,15+/m0/s1. The molecule has 2 atom stereocenters. The molecule has 1 aromatic rings. The lowest BCUT2D eigenvalue weighted by atomic mass is 9.97. The summed E-state index contributed by atoms with van der Waals surface area (Å²) in [7, 11) is 1.41. The van der Waals surface area contributed by atoms with Crippen LogP contribution < -0.4 is 10.1 Å². The van der Waals surface area contributed by atoms with Gasteiger partial charge in [-0.25, -0.2) is 9.18 Å². The fourth-order valence-electron chi connectivity index (χ4n) is 3.04. The van der Waals surface area contributed by atoms with Crippen molar-refractivity contribution in [1.29, 1.82) is 0 Å². The van der Waals surface area contributed by atoms with Gasteiger partial charge in [0, 0.05) is 6.54 Å². The number of carbonyl (C=O) groups excluding carboxylic acids is 1. The second-order valence-electron chi connectivity index (χ2n) is 6.57. The summed E-state index contributed by atoms with van der Waals surface area (Å²) in [6, 6.07) is 3.83. The molecule has 128 valence electrons. The maximum Gasteiger partial charge on any atom is 0.318 e. The first-order chi connectivity index (χ1) is 10.7. The molecule has 2 N–H and O–H groups in total. The highest BCUT2D eigenvalue weighted by Gasteiger charge is 2.38. The van der Waals surface area contributed by atoms with E-state index < -0.39 is 11.4 Å². The van der Waals surface area contributed by atoms with Crippen LogP contribution in [0.25, 0.3) is 0 Å². The molecule has 0 bridgehead atoms. The summed E-state index contributed by atoms with van der Waals surface area (Å²) in [5.74, 6) is -0.282. The van der Waals surface area contributed by atoms with Crippen LogP contribution >= 0.6 is 0 Å². The van der Waals surface area contributed by atoms with Crippen LogP contribution in [-0.4, -0.2) is 41.3 Å². The fraction of sp³-hybridized carbons (Fsp3) is 0.588. The van der Waals surface area contributed by atoms with E-state index in [0.717, 1.165) is 18.4 Å². The Balaban J connectivity index is 2.07. The van der Waals surface area contributed by atoms with Crippen LogP contribution in [0.15, 0.2) is 18.2 Å². The Labute approximate surface area is 136 Å². The Hall–Kier alpha value is -1.82. The Kier molecular flexibility index (Phi) is 5.14. The number of aliphatic hydroxyl groups is 1. The summed E-state index contributed by atoms with van der Waals surface area (Å²) in [5, 5.41) is 13.1. The number of amides is 2. The molecule has 0 aliphatic carbocycles. The zero-order valence-electron chi connectivity index (χ0n) is 14.1. The minimum absolute atomic E-state index is 0.152. The molecule has 1 heterocycles. The number of hydrogen-bond acceptors (Lipinski definition) is 3. The average Bonchev–Trinajstić information content (AvgIpc) is 2.97. The number of methoxy groups -OCH3 is 1. The number of ether oxygens (including phenoxy) is 1. The third kappa shape index (κ3) is 3.93. The van der Waals surface area contributed by atoms with E-state index in [9.17, 15) is 14.3 Å². The third-order valence-electron chi connectivity index (χ3n) is 4.34. The lowest BCUT2D eigenvalue weighted by Gasteiger charge is -2.34. The highest BCUT2D eigenvalue weighted by Crippen LogP contribution is 2.28. The Bertz CT molecular complexity index is 571. The van der Waals surface area contributed by atoms with Crippen molar-refractivity contribution in [2.24, 2.45) is 0 Å². The van der Waals surface area contributed by atoms with Crippen LogP contribution in [0.4, 0.5) is 9.18 Å². The minimum atomic E-state index is -0.934. The van der Waals surface area contributed by atoms with Crippen LogP contribution in [-0.2, 0) is 0 Å². The maximum absolute atomic E-state index is 13.5. The molecular weight excluding hydrogens is 299 g/mol. The summed E-state index contributed by atoms with van der Waals surface area (Å²) in [5.41, 5.74) is -0.175. The summed E-state index contributed by atoms with van der Waals surface area (Å²) < 4.78 is 18.4. The highest BCUT2D eigenvalue weighted by molar-refractivity contribution is 5.75. The van der Waals surface area contributed by atoms with Gasteiger partial charge >= 0.3 is 6.03 Å². The smallest absolute Gasteiger partial charge is 0.318 e. The van der Waals surface area contributed by atoms with Crippen molar-refractivity contribution >= 4 is 6.03 Å². The van der Waals surface area contributed by atoms with Gasteiger partial charge in [0.25, 0.3) is 0 Å². The number of benzene rings is 1. The number of urea groups is 1. The van der Waals surface area contributed by atoms with E-state index in [1.54, 1.807) is 30.9 Å². The van der Waals surface area contributed by atoms with Gasteiger partial charge in [0.2, 0.25) is 0 Å². The molecule has 1 fully saturated rings. The molecule has 1 aliphatic rings. The van der Waals surface area contributed by atoms with Gasteiger partial charge in [-0.3, -0.25) is 0 Å². The van der Waals surface area contributed by atoms with E-state index in [1.807, 2.05) is 6.92 Å². The zero-order chi connectivity index (χ0) is 17.2. The van der Waals surface area contributed by atoms with Gasteiger partial charge in [0.1, 0.15) is 0 Å². The molecule has 23 heavy (non-hydrogen) atoms. The van der Waals surface area contributed by atoms with E-state index in [-0.39, 0.29) is 23.9 Å². The van der Waals surface area contributed by atoms with Crippen LogP contribution in [0.2, 0.25) is 0 Å². The summed E-state index contributed by atoms with van der Waals surface area (Å²) in [4.78, 5) is 14.2. The second-order valence-corrected chi connectivity index (χ2v) is 6.57. The molecular formula is C17H25FN2O3. The molecule has 6 heteroatoms. The first-order valence-corrected chi connectivity index (χ1v) is 7.87. The molecule has 1 saturated heterocycles. The second kappa shape index (κ2) is 6.74. The van der Waals surface area contributed by atoms with E-state index >= 15 is 0 Å². The number of halogens is 1. The Morgan fingerprint density at radius 1 is 1.52 bits per heavy atom. The normalized spacial score (nSPS) is 19.6. The first kappa shape index (κ1) is 17.5. The van der Waals surface area contributed by atoms with Gasteiger partial charge in [-0.05, 0) is 51.3 Å². The molecule has 0 saturated carbocycles. The van der Waals surface area contributed by atoms with Crippen molar-refractivity contribution in [2.45, 2.75) is 51.3 Å². The third-order valence-corrected chi connectivity index (χ3v) is 4.34. The van der Waals surface area contributed by atoms with Gasteiger partial charge < -0.3 is 20.1 Å². The van der Waals surface area contributed by atoms with Gasteiger partial charge in [-0.1, -0.05) is 6.07 Å². The number of likely N-dealkylation sites (tertiary alicyclic amines) is 1. The Morgan fingerprint density at radius 3 is 2.83 bits per heavy atom. The number of nitrogens with one attached hydrogen (secondary N) is 1. The van der Waals surface area contributed by atoms with E-state index in [2.05, 4.69) is 5.32 Å². The molecule has 0 spiro atoms. The first-order valence-electron chi connectivity index (χ1n) is 7.87. The fourth-order valence-corrected chi connectivity index (χ4v) is 3.04. The van der Waals surface area contributed by atoms with Gasteiger partial charge in [0.15, 0.2) is 11.6 Å². The van der Waals surface area contributed by atoms with E-state index in [1.165, 1.54) is 13.2 Å². The molecule has 2 rings (SSSR count). The van der Waals surface area contributed by atoms with Crippen molar-refractivity contribution in [2.75, 3.05) is 13.7 Å². The minimum Gasteiger partial charge on any atom is -0.494 e.